The molecule has 0 aromatic heterocycles. The predicted molar refractivity (Wildman–Crippen MR) is 71.8 cm³/mol. The summed E-state index contributed by atoms with van der Waals surface area (Å²) in [5.74, 6) is -0.0578. The van der Waals surface area contributed by atoms with E-state index in [9.17, 15) is 9.90 Å². The number of aliphatic hydroxyl groups excluding tert-OH is 1. The lowest BCUT2D eigenvalue weighted by Gasteiger charge is -2.35. The highest BCUT2D eigenvalue weighted by Gasteiger charge is 2.29. The van der Waals surface area contributed by atoms with E-state index in [-0.39, 0.29) is 11.9 Å². The molecule has 1 aliphatic rings. The summed E-state index contributed by atoms with van der Waals surface area (Å²) in [6.07, 6.45) is 3.36. The molecule has 4 heteroatoms. The van der Waals surface area contributed by atoms with Crippen LogP contribution in [0.25, 0.3) is 0 Å². The van der Waals surface area contributed by atoms with Crippen molar-refractivity contribution in [2.75, 3.05) is 7.05 Å². The van der Waals surface area contributed by atoms with Crippen LogP contribution in [0, 0.1) is 0 Å². The van der Waals surface area contributed by atoms with Gasteiger partial charge in [0.15, 0.2) is 0 Å². The van der Waals surface area contributed by atoms with E-state index < -0.39 is 6.10 Å². The van der Waals surface area contributed by atoms with E-state index in [4.69, 9.17) is 11.6 Å². The van der Waals surface area contributed by atoms with Gasteiger partial charge >= 0.3 is 0 Å². The summed E-state index contributed by atoms with van der Waals surface area (Å²) in [5, 5.41) is 10.6. The Hall–Kier alpha value is -1.06. The van der Waals surface area contributed by atoms with Crippen molar-refractivity contribution >= 4 is 17.5 Å². The SMILES string of the molecule is CN(C(=O)c1ccc(Cl)cc1)[C@@H]1CCCC[C@H]1O. The molecule has 1 fully saturated rings. The molecular weight excluding hydrogens is 250 g/mol. The second-order valence-electron chi connectivity index (χ2n) is 4.84. The van der Waals surface area contributed by atoms with Crippen molar-refractivity contribution in [1.82, 2.24) is 4.90 Å². The minimum atomic E-state index is -0.403. The van der Waals surface area contributed by atoms with Crippen molar-refractivity contribution in [2.45, 2.75) is 37.8 Å². The van der Waals surface area contributed by atoms with Crippen LogP contribution in [0.5, 0.6) is 0 Å². The Kier molecular flexibility index (Phi) is 4.25. The van der Waals surface area contributed by atoms with Crippen LogP contribution >= 0.6 is 11.6 Å². The van der Waals surface area contributed by atoms with Gasteiger partial charge in [0.05, 0.1) is 12.1 Å². The van der Waals surface area contributed by atoms with Crippen LogP contribution in [0.2, 0.25) is 5.02 Å². The summed E-state index contributed by atoms with van der Waals surface area (Å²) in [5.41, 5.74) is 0.611. The van der Waals surface area contributed by atoms with E-state index in [1.54, 1.807) is 36.2 Å². The van der Waals surface area contributed by atoms with Gasteiger partial charge in [-0.25, -0.2) is 0 Å². The number of aliphatic hydroxyl groups is 1. The molecule has 1 aliphatic carbocycles. The lowest BCUT2D eigenvalue weighted by Crippen LogP contribution is -2.46. The Bertz CT molecular complexity index is 418. The second-order valence-corrected chi connectivity index (χ2v) is 5.28. The molecule has 2 atom stereocenters. The molecule has 0 heterocycles. The van der Waals surface area contributed by atoms with Crippen LogP contribution in [0.3, 0.4) is 0 Å². The standard InChI is InChI=1S/C14H18ClNO2/c1-16(12-4-2-3-5-13(12)17)14(18)10-6-8-11(15)9-7-10/h6-9,12-13,17H,2-5H2,1H3/t12-,13-/m1/s1. The van der Waals surface area contributed by atoms with E-state index >= 15 is 0 Å². The topological polar surface area (TPSA) is 40.5 Å². The molecule has 1 saturated carbocycles. The normalized spacial score (nSPS) is 23.7. The molecule has 0 radical (unpaired) electrons. The smallest absolute Gasteiger partial charge is 0.253 e. The lowest BCUT2D eigenvalue weighted by molar-refractivity contribution is 0.0268. The molecule has 0 aliphatic heterocycles. The van der Waals surface area contributed by atoms with Gasteiger partial charge in [0.25, 0.3) is 5.91 Å². The molecule has 18 heavy (non-hydrogen) atoms. The van der Waals surface area contributed by atoms with Crippen molar-refractivity contribution in [3.8, 4) is 0 Å². The summed E-state index contributed by atoms with van der Waals surface area (Å²) < 4.78 is 0. The lowest BCUT2D eigenvalue weighted by atomic mass is 9.91. The Balaban J connectivity index is 2.10. The number of likely N-dealkylation sites (N-methyl/N-ethyl adjacent to an activating group) is 1. The zero-order valence-corrected chi connectivity index (χ0v) is 11.2. The fourth-order valence-electron chi connectivity index (χ4n) is 2.49. The van der Waals surface area contributed by atoms with E-state index in [1.807, 2.05) is 0 Å². The zero-order chi connectivity index (χ0) is 13.1. The third kappa shape index (κ3) is 2.85. The number of amides is 1. The largest absolute Gasteiger partial charge is 0.391 e. The van der Waals surface area contributed by atoms with Crippen LogP contribution < -0.4 is 0 Å². The fourth-order valence-corrected chi connectivity index (χ4v) is 2.62. The quantitative estimate of drug-likeness (QED) is 0.895. The summed E-state index contributed by atoms with van der Waals surface area (Å²) >= 11 is 5.80. The maximum Gasteiger partial charge on any atom is 0.253 e. The average Bonchev–Trinajstić information content (AvgIpc) is 2.38. The van der Waals surface area contributed by atoms with Gasteiger partial charge in [-0.3, -0.25) is 4.79 Å². The van der Waals surface area contributed by atoms with Crippen molar-refractivity contribution in [3.63, 3.8) is 0 Å². The van der Waals surface area contributed by atoms with Crippen LogP contribution in [-0.2, 0) is 0 Å². The average molecular weight is 268 g/mol. The van der Waals surface area contributed by atoms with Crippen molar-refractivity contribution in [1.29, 1.82) is 0 Å². The zero-order valence-electron chi connectivity index (χ0n) is 10.5. The first-order chi connectivity index (χ1) is 8.59. The maximum absolute atomic E-state index is 12.3. The van der Waals surface area contributed by atoms with Crippen LogP contribution in [-0.4, -0.2) is 35.1 Å². The van der Waals surface area contributed by atoms with Gasteiger partial charge < -0.3 is 10.0 Å². The third-order valence-corrected chi connectivity index (χ3v) is 3.85. The summed E-state index contributed by atoms with van der Waals surface area (Å²) in [6, 6.07) is 6.79. The Morgan fingerprint density at radius 2 is 1.89 bits per heavy atom. The number of carbonyl (C=O) groups excluding carboxylic acids is 1. The predicted octanol–water partition coefficient (Wildman–Crippen LogP) is 2.72. The van der Waals surface area contributed by atoms with Gasteiger partial charge in [-0.15, -0.1) is 0 Å². The molecule has 1 N–H and O–H groups in total. The molecule has 1 aromatic rings. The minimum absolute atomic E-state index is 0.0578. The number of rotatable bonds is 2. The molecule has 0 spiro atoms. The van der Waals surface area contributed by atoms with Gasteiger partial charge in [0.2, 0.25) is 0 Å². The number of nitrogens with zero attached hydrogens (tertiary/aromatic N) is 1. The minimum Gasteiger partial charge on any atom is -0.391 e. The number of hydrogen-bond donors (Lipinski definition) is 1. The molecule has 0 saturated heterocycles. The Labute approximate surface area is 112 Å². The number of benzene rings is 1. The number of halogens is 1. The first-order valence-electron chi connectivity index (χ1n) is 6.30. The van der Waals surface area contributed by atoms with Crippen molar-refractivity contribution < 1.29 is 9.90 Å². The molecular formula is C14H18ClNO2. The van der Waals surface area contributed by atoms with Crippen LogP contribution in [0.15, 0.2) is 24.3 Å². The molecule has 1 amide bonds. The fraction of sp³-hybridized carbons (Fsp3) is 0.500. The Morgan fingerprint density at radius 1 is 1.28 bits per heavy atom. The van der Waals surface area contributed by atoms with E-state index in [0.29, 0.717) is 10.6 Å². The molecule has 98 valence electrons. The highest BCUT2D eigenvalue weighted by Crippen LogP contribution is 2.23. The maximum atomic E-state index is 12.3. The molecule has 1 aromatic carbocycles. The monoisotopic (exact) mass is 267 g/mol. The van der Waals surface area contributed by atoms with Gasteiger partial charge in [0, 0.05) is 17.6 Å². The van der Waals surface area contributed by atoms with E-state index in [2.05, 4.69) is 0 Å². The van der Waals surface area contributed by atoms with E-state index in [0.717, 1.165) is 25.7 Å². The summed E-state index contributed by atoms with van der Waals surface area (Å²) in [4.78, 5) is 13.9. The van der Waals surface area contributed by atoms with Crippen LogP contribution in [0.1, 0.15) is 36.0 Å². The highest BCUT2D eigenvalue weighted by molar-refractivity contribution is 6.30. The summed E-state index contributed by atoms with van der Waals surface area (Å²) in [6.45, 7) is 0. The van der Waals surface area contributed by atoms with Gasteiger partial charge in [0.1, 0.15) is 0 Å². The van der Waals surface area contributed by atoms with Crippen LogP contribution in [0.4, 0.5) is 0 Å². The first kappa shape index (κ1) is 13.4. The number of hydrogen-bond acceptors (Lipinski definition) is 2. The third-order valence-electron chi connectivity index (χ3n) is 3.60. The van der Waals surface area contributed by atoms with Gasteiger partial charge in [-0.2, -0.15) is 0 Å². The highest BCUT2D eigenvalue weighted by atomic mass is 35.5. The first-order valence-corrected chi connectivity index (χ1v) is 6.68. The van der Waals surface area contributed by atoms with Crippen molar-refractivity contribution in [3.05, 3.63) is 34.9 Å². The summed E-state index contributed by atoms with van der Waals surface area (Å²) in [7, 11) is 1.76. The molecule has 2 rings (SSSR count). The van der Waals surface area contributed by atoms with Crippen molar-refractivity contribution in [2.24, 2.45) is 0 Å². The Morgan fingerprint density at radius 3 is 2.50 bits per heavy atom. The second kappa shape index (κ2) is 5.72. The molecule has 3 nitrogen and oxygen atoms in total. The number of carbonyl (C=O) groups is 1. The molecule has 0 bridgehead atoms. The van der Waals surface area contributed by atoms with Gasteiger partial charge in [-0.05, 0) is 37.1 Å². The van der Waals surface area contributed by atoms with E-state index in [1.165, 1.54) is 0 Å². The molecule has 0 unspecified atom stereocenters. The van der Waals surface area contributed by atoms with Gasteiger partial charge in [-0.1, -0.05) is 24.4 Å².